The number of hydrogen-bond donors (Lipinski definition) is 1. The van der Waals surface area contributed by atoms with Crippen molar-refractivity contribution in [2.45, 2.75) is 13.3 Å². The molecule has 5 heteroatoms. The van der Waals surface area contributed by atoms with Crippen molar-refractivity contribution >= 4 is 11.5 Å². The Kier molecular flexibility index (Phi) is 2.62. The second-order valence-electron chi connectivity index (χ2n) is 3.96. The third-order valence-electron chi connectivity index (χ3n) is 2.74. The van der Waals surface area contributed by atoms with Crippen molar-refractivity contribution in [3.63, 3.8) is 0 Å². The van der Waals surface area contributed by atoms with Crippen LogP contribution < -0.4 is 15.4 Å². The molecule has 1 saturated heterocycles. The highest BCUT2D eigenvalue weighted by Gasteiger charge is 2.23. The number of rotatable bonds is 2. The maximum atomic E-state index is 5.93. The van der Waals surface area contributed by atoms with Crippen LogP contribution in [0.4, 0.5) is 11.5 Å². The lowest BCUT2D eigenvalue weighted by molar-refractivity contribution is 0.399. The summed E-state index contributed by atoms with van der Waals surface area (Å²) in [6, 6.07) is 0. The van der Waals surface area contributed by atoms with Gasteiger partial charge in [0.05, 0.1) is 7.11 Å². The van der Waals surface area contributed by atoms with Gasteiger partial charge in [-0.1, -0.05) is 6.92 Å². The van der Waals surface area contributed by atoms with Crippen LogP contribution >= 0.6 is 0 Å². The van der Waals surface area contributed by atoms with Gasteiger partial charge in [-0.05, 0) is 12.3 Å². The monoisotopic (exact) mass is 208 g/mol. The summed E-state index contributed by atoms with van der Waals surface area (Å²) in [6.07, 6.45) is 2.68. The largest absolute Gasteiger partial charge is 0.479 e. The fourth-order valence-electron chi connectivity index (χ4n) is 1.91. The Morgan fingerprint density at radius 1 is 1.53 bits per heavy atom. The first-order valence-corrected chi connectivity index (χ1v) is 5.11. The smallest absolute Gasteiger partial charge is 0.242 e. The third-order valence-corrected chi connectivity index (χ3v) is 2.74. The lowest BCUT2D eigenvalue weighted by Crippen LogP contribution is -2.22. The minimum atomic E-state index is 0.458. The Bertz CT molecular complexity index is 355. The zero-order valence-corrected chi connectivity index (χ0v) is 9.10. The Labute approximate surface area is 89.3 Å². The summed E-state index contributed by atoms with van der Waals surface area (Å²) in [4.78, 5) is 10.4. The van der Waals surface area contributed by atoms with Crippen molar-refractivity contribution < 1.29 is 4.74 Å². The lowest BCUT2D eigenvalue weighted by atomic mass is 10.2. The minimum absolute atomic E-state index is 0.458. The van der Waals surface area contributed by atoms with Crippen LogP contribution in [0.3, 0.4) is 0 Å². The Morgan fingerprint density at radius 3 is 2.93 bits per heavy atom. The van der Waals surface area contributed by atoms with Gasteiger partial charge >= 0.3 is 0 Å². The van der Waals surface area contributed by atoms with Gasteiger partial charge in [0.15, 0.2) is 5.82 Å². The average Bonchev–Trinajstić information content (AvgIpc) is 2.65. The third kappa shape index (κ3) is 1.82. The summed E-state index contributed by atoms with van der Waals surface area (Å²) in [7, 11) is 1.56. The Balaban J connectivity index is 2.28. The van der Waals surface area contributed by atoms with Crippen LogP contribution in [0.25, 0.3) is 0 Å². The summed E-state index contributed by atoms with van der Waals surface area (Å²) < 4.78 is 5.07. The molecule has 1 aromatic rings. The Hall–Kier alpha value is -1.52. The van der Waals surface area contributed by atoms with Gasteiger partial charge in [0.1, 0.15) is 12.0 Å². The molecule has 0 spiro atoms. The summed E-state index contributed by atoms with van der Waals surface area (Å²) in [5.74, 6) is 1.95. The highest BCUT2D eigenvalue weighted by Crippen LogP contribution is 2.30. The number of nitrogen functional groups attached to an aromatic ring is 1. The van der Waals surface area contributed by atoms with E-state index in [1.54, 1.807) is 7.11 Å². The molecule has 2 N–H and O–H groups in total. The molecule has 0 radical (unpaired) electrons. The van der Waals surface area contributed by atoms with Crippen LogP contribution in [0.2, 0.25) is 0 Å². The molecule has 1 atom stereocenters. The van der Waals surface area contributed by atoms with E-state index in [9.17, 15) is 0 Å². The minimum Gasteiger partial charge on any atom is -0.479 e. The van der Waals surface area contributed by atoms with Crippen molar-refractivity contribution in [3.05, 3.63) is 6.33 Å². The van der Waals surface area contributed by atoms with E-state index in [0.29, 0.717) is 17.5 Å². The average molecular weight is 208 g/mol. The number of nitrogens with zero attached hydrogens (tertiary/aromatic N) is 3. The predicted octanol–water partition coefficient (Wildman–Crippen LogP) is 0.914. The van der Waals surface area contributed by atoms with E-state index < -0.39 is 0 Å². The molecular formula is C10H16N4O. The van der Waals surface area contributed by atoms with E-state index in [-0.39, 0.29) is 0 Å². The Morgan fingerprint density at radius 2 is 2.33 bits per heavy atom. The van der Waals surface area contributed by atoms with E-state index >= 15 is 0 Å². The van der Waals surface area contributed by atoms with Gasteiger partial charge in [-0.15, -0.1) is 0 Å². The molecular weight excluding hydrogens is 192 g/mol. The molecule has 2 rings (SSSR count). The molecule has 2 heterocycles. The van der Waals surface area contributed by atoms with E-state index in [4.69, 9.17) is 10.5 Å². The van der Waals surface area contributed by atoms with Gasteiger partial charge in [-0.2, -0.15) is 4.98 Å². The zero-order chi connectivity index (χ0) is 10.8. The van der Waals surface area contributed by atoms with E-state index in [2.05, 4.69) is 21.8 Å². The molecule has 1 aliphatic rings. The molecule has 1 fully saturated rings. The van der Waals surface area contributed by atoms with Crippen LogP contribution in [-0.2, 0) is 0 Å². The molecule has 0 aliphatic carbocycles. The fourth-order valence-corrected chi connectivity index (χ4v) is 1.91. The van der Waals surface area contributed by atoms with Crippen molar-refractivity contribution in [1.82, 2.24) is 9.97 Å². The fraction of sp³-hybridized carbons (Fsp3) is 0.600. The van der Waals surface area contributed by atoms with Gasteiger partial charge in [-0.25, -0.2) is 4.98 Å². The van der Waals surface area contributed by atoms with Crippen LogP contribution in [0.1, 0.15) is 13.3 Å². The summed E-state index contributed by atoms with van der Waals surface area (Å²) >= 11 is 0. The highest BCUT2D eigenvalue weighted by molar-refractivity contribution is 5.68. The van der Waals surface area contributed by atoms with Crippen molar-refractivity contribution in [2.75, 3.05) is 30.8 Å². The first-order chi connectivity index (χ1) is 7.22. The highest BCUT2D eigenvalue weighted by atomic mass is 16.5. The molecule has 5 nitrogen and oxygen atoms in total. The van der Waals surface area contributed by atoms with Gasteiger partial charge in [-0.3, -0.25) is 0 Å². The number of anilines is 2. The van der Waals surface area contributed by atoms with Crippen molar-refractivity contribution in [1.29, 1.82) is 0 Å². The summed E-state index contributed by atoms with van der Waals surface area (Å²) in [5.41, 5.74) is 6.46. The van der Waals surface area contributed by atoms with Crippen LogP contribution in [0.15, 0.2) is 6.33 Å². The van der Waals surface area contributed by atoms with Gasteiger partial charge in [0.2, 0.25) is 5.88 Å². The molecule has 0 saturated carbocycles. The molecule has 15 heavy (non-hydrogen) atoms. The molecule has 0 amide bonds. The summed E-state index contributed by atoms with van der Waals surface area (Å²) in [6.45, 7) is 4.24. The number of hydrogen-bond acceptors (Lipinski definition) is 5. The first kappa shape index (κ1) is 10.0. The maximum absolute atomic E-state index is 5.93. The van der Waals surface area contributed by atoms with Gasteiger partial charge < -0.3 is 15.4 Å². The van der Waals surface area contributed by atoms with Crippen molar-refractivity contribution in [3.8, 4) is 5.88 Å². The molecule has 0 bridgehead atoms. The van der Waals surface area contributed by atoms with Crippen LogP contribution in [0, 0.1) is 5.92 Å². The van der Waals surface area contributed by atoms with Crippen LogP contribution in [0.5, 0.6) is 5.88 Å². The molecule has 1 aliphatic heterocycles. The van der Waals surface area contributed by atoms with Gasteiger partial charge in [0, 0.05) is 13.1 Å². The normalized spacial score (nSPS) is 20.7. The lowest BCUT2D eigenvalue weighted by Gasteiger charge is -2.19. The summed E-state index contributed by atoms with van der Waals surface area (Å²) in [5, 5.41) is 0. The molecule has 0 aromatic carbocycles. The second-order valence-corrected chi connectivity index (χ2v) is 3.96. The SMILES string of the molecule is COc1ncnc(N2CCC(C)C2)c1N. The van der Waals surface area contributed by atoms with Gasteiger partial charge in [0.25, 0.3) is 0 Å². The zero-order valence-electron chi connectivity index (χ0n) is 9.10. The molecule has 82 valence electrons. The topological polar surface area (TPSA) is 64.3 Å². The number of methoxy groups -OCH3 is 1. The quantitative estimate of drug-likeness (QED) is 0.782. The first-order valence-electron chi connectivity index (χ1n) is 5.11. The standard InChI is InChI=1S/C10H16N4O/c1-7-3-4-14(5-7)9-8(11)10(15-2)13-6-12-9/h6-7H,3-5,11H2,1-2H3. The number of ether oxygens (including phenoxy) is 1. The molecule has 1 unspecified atom stereocenters. The predicted molar refractivity (Wildman–Crippen MR) is 59.0 cm³/mol. The maximum Gasteiger partial charge on any atom is 0.242 e. The number of aromatic nitrogens is 2. The molecule has 1 aromatic heterocycles. The van der Waals surface area contributed by atoms with E-state index in [1.165, 1.54) is 12.7 Å². The van der Waals surface area contributed by atoms with E-state index in [1.807, 2.05) is 0 Å². The van der Waals surface area contributed by atoms with E-state index in [0.717, 1.165) is 18.9 Å². The second kappa shape index (κ2) is 3.92. The van der Waals surface area contributed by atoms with Crippen molar-refractivity contribution in [2.24, 2.45) is 5.92 Å². The van der Waals surface area contributed by atoms with Crippen LogP contribution in [-0.4, -0.2) is 30.2 Å². The number of nitrogens with two attached hydrogens (primary N) is 1.